The number of rotatable bonds is 5. The highest BCUT2D eigenvalue weighted by Gasteiger charge is 2.28. The summed E-state index contributed by atoms with van der Waals surface area (Å²) in [6.45, 7) is 3.51. The summed E-state index contributed by atoms with van der Waals surface area (Å²) in [7, 11) is -3.64. The van der Waals surface area contributed by atoms with Gasteiger partial charge in [0, 0.05) is 0 Å². The standard InChI is InChI=1S/C16H18O3S/c1-16(2,15-11-7-4-8-12-15)19-20(17,18)13-14-9-5-3-6-10-14/h3-12H,13H2,1-2H3. The van der Waals surface area contributed by atoms with E-state index < -0.39 is 15.7 Å². The van der Waals surface area contributed by atoms with Crippen LogP contribution in [0.1, 0.15) is 25.0 Å². The molecule has 20 heavy (non-hydrogen) atoms. The Morgan fingerprint density at radius 2 is 1.40 bits per heavy atom. The minimum absolute atomic E-state index is 0.121. The highest BCUT2D eigenvalue weighted by molar-refractivity contribution is 7.85. The molecule has 2 aromatic rings. The molecule has 0 saturated heterocycles. The Balaban J connectivity index is 2.16. The maximum Gasteiger partial charge on any atom is 0.272 e. The summed E-state index contributed by atoms with van der Waals surface area (Å²) in [4.78, 5) is 0. The van der Waals surface area contributed by atoms with E-state index in [1.54, 1.807) is 26.0 Å². The lowest BCUT2D eigenvalue weighted by molar-refractivity contribution is 0.117. The van der Waals surface area contributed by atoms with Crippen molar-refractivity contribution in [2.45, 2.75) is 25.2 Å². The fraction of sp³-hybridized carbons (Fsp3) is 0.250. The second kappa shape index (κ2) is 5.77. The van der Waals surface area contributed by atoms with Crippen LogP contribution < -0.4 is 0 Å². The molecule has 0 saturated carbocycles. The average molecular weight is 290 g/mol. The van der Waals surface area contributed by atoms with Crippen LogP contribution >= 0.6 is 0 Å². The van der Waals surface area contributed by atoms with Gasteiger partial charge in [0.25, 0.3) is 10.1 Å². The lowest BCUT2D eigenvalue weighted by Crippen LogP contribution is -2.26. The van der Waals surface area contributed by atoms with Crippen molar-refractivity contribution in [1.29, 1.82) is 0 Å². The van der Waals surface area contributed by atoms with E-state index in [1.807, 2.05) is 48.5 Å². The molecular weight excluding hydrogens is 272 g/mol. The first-order chi connectivity index (χ1) is 9.39. The Hall–Kier alpha value is -1.65. The quantitative estimate of drug-likeness (QED) is 0.792. The Morgan fingerprint density at radius 1 is 0.900 bits per heavy atom. The molecule has 0 atom stereocenters. The van der Waals surface area contributed by atoms with Gasteiger partial charge in [0.05, 0.1) is 0 Å². The zero-order valence-electron chi connectivity index (χ0n) is 11.6. The third-order valence-corrected chi connectivity index (χ3v) is 4.35. The van der Waals surface area contributed by atoms with Gasteiger partial charge in [-0.1, -0.05) is 60.7 Å². The van der Waals surface area contributed by atoms with Crippen LogP contribution in [0.2, 0.25) is 0 Å². The Bertz CT molecular complexity index is 647. The van der Waals surface area contributed by atoms with Gasteiger partial charge in [0.15, 0.2) is 0 Å². The van der Waals surface area contributed by atoms with E-state index in [1.165, 1.54) is 0 Å². The second-order valence-electron chi connectivity index (χ2n) is 5.15. The van der Waals surface area contributed by atoms with Gasteiger partial charge in [-0.05, 0) is 25.0 Å². The van der Waals surface area contributed by atoms with Crippen LogP contribution in [-0.2, 0) is 25.7 Å². The van der Waals surface area contributed by atoms with Gasteiger partial charge < -0.3 is 0 Å². The van der Waals surface area contributed by atoms with Crippen molar-refractivity contribution in [2.24, 2.45) is 0 Å². The van der Waals surface area contributed by atoms with Crippen molar-refractivity contribution in [1.82, 2.24) is 0 Å². The average Bonchev–Trinajstić information content (AvgIpc) is 2.39. The topological polar surface area (TPSA) is 43.4 Å². The van der Waals surface area contributed by atoms with E-state index in [2.05, 4.69) is 0 Å². The van der Waals surface area contributed by atoms with Crippen molar-refractivity contribution in [3.8, 4) is 0 Å². The van der Waals surface area contributed by atoms with Crippen LogP contribution in [0.4, 0.5) is 0 Å². The maximum atomic E-state index is 12.2. The first kappa shape index (κ1) is 14.8. The molecule has 0 unspecified atom stereocenters. The van der Waals surface area contributed by atoms with Crippen molar-refractivity contribution >= 4 is 10.1 Å². The van der Waals surface area contributed by atoms with Crippen LogP contribution in [-0.4, -0.2) is 8.42 Å². The number of hydrogen-bond acceptors (Lipinski definition) is 3. The van der Waals surface area contributed by atoms with Gasteiger partial charge >= 0.3 is 0 Å². The molecule has 0 spiro atoms. The summed E-state index contributed by atoms with van der Waals surface area (Å²) < 4.78 is 29.7. The Kier molecular flexibility index (Phi) is 4.26. The van der Waals surface area contributed by atoms with E-state index in [0.29, 0.717) is 0 Å². The molecule has 0 aromatic heterocycles. The third kappa shape index (κ3) is 3.92. The molecule has 4 heteroatoms. The molecule has 2 rings (SSSR count). The predicted molar refractivity (Wildman–Crippen MR) is 79.6 cm³/mol. The molecule has 106 valence electrons. The van der Waals surface area contributed by atoms with E-state index in [4.69, 9.17) is 4.18 Å². The summed E-state index contributed by atoms with van der Waals surface area (Å²) in [5.74, 6) is -0.121. The van der Waals surface area contributed by atoms with Crippen molar-refractivity contribution in [3.63, 3.8) is 0 Å². The van der Waals surface area contributed by atoms with Gasteiger partial charge in [0.1, 0.15) is 11.4 Å². The molecule has 0 heterocycles. The predicted octanol–water partition coefficient (Wildman–Crippen LogP) is 3.47. The minimum atomic E-state index is -3.64. The molecule has 3 nitrogen and oxygen atoms in total. The van der Waals surface area contributed by atoms with E-state index in [-0.39, 0.29) is 5.75 Å². The van der Waals surface area contributed by atoms with Gasteiger partial charge in [-0.3, -0.25) is 4.18 Å². The summed E-state index contributed by atoms with van der Waals surface area (Å²) in [6, 6.07) is 18.4. The molecule has 0 radical (unpaired) electrons. The monoisotopic (exact) mass is 290 g/mol. The van der Waals surface area contributed by atoms with Crippen molar-refractivity contribution in [3.05, 3.63) is 71.8 Å². The summed E-state index contributed by atoms with van der Waals surface area (Å²) in [5.41, 5.74) is 0.669. The second-order valence-corrected chi connectivity index (χ2v) is 6.72. The van der Waals surface area contributed by atoms with Crippen LogP contribution in [0.15, 0.2) is 60.7 Å². The lowest BCUT2D eigenvalue weighted by Gasteiger charge is -2.25. The van der Waals surface area contributed by atoms with Crippen molar-refractivity contribution in [2.75, 3.05) is 0 Å². The largest absolute Gasteiger partial charge is 0.272 e. The van der Waals surface area contributed by atoms with Gasteiger partial charge in [-0.15, -0.1) is 0 Å². The van der Waals surface area contributed by atoms with E-state index in [0.717, 1.165) is 11.1 Å². The molecule has 0 bridgehead atoms. The highest BCUT2D eigenvalue weighted by Crippen LogP contribution is 2.27. The lowest BCUT2D eigenvalue weighted by atomic mass is 9.99. The summed E-state index contributed by atoms with van der Waals surface area (Å²) in [5, 5.41) is 0. The molecule has 0 fully saturated rings. The number of hydrogen-bond donors (Lipinski definition) is 0. The Labute approximate surface area is 120 Å². The Morgan fingerprint density at radius 3 is 1.95 bits per heavy atom. The molecule has 0 N–H and O–H groups in total. The molecular formula is C16H18O3S. The van der Waals surface area contributed by atoms with Crippen LogP contribution in [0, 0.1) is 0 Å². The molecule has 0 aliphatic rings. The third-order valence-electron chi connectivity index (χ3n) is 2.99. The van der Waals surface area contributed by atoms with Gasteiger partial charge in [0.2, 0.25) is 0 Å². The van der Waals surface area contributed by atoms with Crippen LogP contribution in [0.5, 0.6) is 0 Å². The highest BCUT2D eigenvalue weighted by atomic mass is 32.2. The molecule has 0 aliphatic carbocycles. The maximum absolute atomic E-state index is 12.2. The van der Waals surface area contributed by atoms with E-state index >= 15 is 0 Å². The van der Waals surface area contributed by atoms with Crippen molar-refractivity contribution < 1.29 is 12.6 Å². The zero-order valence-corrected chi connectivity index (χ0v) is 12.4. The summed E-state index contributed by atoms with van der Waals surface area (Å²) in [6.07, 6.45) is 0. The molecule has 2 aromatic carbocycles. The van der Waals surface area contributed by atoms with E-state index in [9.17, 15) is 8.42 Å². The minimum Gasteiger partial charge on any atom is -0.259 e. The fourth-order valence-corrected chi connectivity index (χ4v) is 3.40. The van der Waals surface area contributed by atoms with Crippen LogP contribution in [0.3, 0.4) is 0 Å². The number of benzene rings is 2. The SMILES string of the molecule is CC(C)(OS(=O)(=O)Cc1ccccc1)c1ccccc1. The van der Waals surface area contributed by atoms with Crippen LogP contribution in [0.25, 0.3) is 0 Å². The smallest absolute Gasteiger partial charge is 0.259 e. The molecule has 0 aliphatic heterocycles. The van der Waals surface area contributed by atoms with Gasteiger partial charge in [-0.25, -0.2) is 0 Å². The first-order valence-corrected chi connectivity index (χ1v) is 8.00. The normalized spacial score (nSPS) is 12.3. The zero-order chi connectivity index (χ0) is 14.6. The fourth-order valence-electron chi connectivity index (χ4n) is 2.01. The van der Waals surface area contributed by atoms with Gasteiger partial charge in [-0.2, -0.15) is 8.42 Å². The first-order valence-electron chi connectivity index (χ1n) is 6.42. The summed E-state index contributed by atoms with van der Waals surface area (Å²) >= 11 is 0. The molecule has 0 amide bonds.